The van der Waals surface area contributed by atoms with Crippen LogP contribution in [0.3, 0.4) is 0 Å². The summed E-state index contributed by atoms with van der Waals surface area (Å²) < 4.78 is 37.1. The highest BCUT2D eigenvalue weighted by Gasteiger charge is 2.24. The molecule has 1 heterocycles. The molecule has 1 fully saturated rings. The lowest BCUT2D eigenvalue weighted by molar-refractivity contribution is -0.122. The molecule has 1 amide bonds. The number of aldehydes is 1. The van der Waals surface area contributed by atoms with E-state index in [-0.39, 0.29) is 37.9 Å². The molecule has 92 valence electrons. The molecule has 1 saturated heterocycles. The van der Waals surface area contributed by atoms with Crippen molar-refractivity contribution < 1.29 is 16.4 Å². The summed E-state index contributed by atoms with van der Waals surface area (Å²) in [7, 11) is 0. The van der Waals surface area contributed by atoms with Gasteiger partial charge in [-0.2, -0.15) is 0 Å². The summed E-state index contributed by atoms with van der Waals surface area (Å²) in [6.07, 6.45) is 0.139. The number of hydrogen-bond donors (Lipinski definition) is 1. The molecular weight excluding hydrogens is 209 g/mol. The van der Waals surface area contributed by atoms with Crippen molar-refractivity contribution >= 4 is 12.2 Å². The summed E-state index contributed by atoms with van der Waals surface area (Å²) in [6.45, 7) is -1.60. The number of hydrogen-bond acceptors (Lipinski definition) is 3. The van der Waals surface area contributed by atoms with Gasteiger partial charge in [-0.05, 0) is 25.8 Å². The van der Waals surface area contributed by atoms with Crippen LogP contribution in [0.5, 0.6) is 0 Å². The molecule has 0 aromatic rings. The van der Waals surface area contributed by atoms with Crippen LogP contribution in [0.2, 0.25) is 0 Å². The molecule has 0 saturated carbocycles. The minimum absolute atomic E-state index is 0.106. The van der Waals surface area contributed by atoms with Gasteiger partial charge in [0.05, 0.1) is 6.54 Å². The first-order chi connectivity index (χ1) is 9.67. The molecule has 0 aromatic heterocycles. The molecule has 0 aliphatic carbocycles. The normalized spacial score (nSPS) is 27.2. The molecular formula is C12H22N2O2. The Labute approximate surface area is 104 Å². The molecule has 0 radical (unpaired) electrons. The van der Waals surface area contributed by atoms with Gasteiger partial charge in [-0.15, -0.1) is 0 Å². The molecule has 1 aliphatic rings. The summed E-state index contributed by atoms with van der Waals surface area (Å²) in [5, 5.41) is 2.61. The lowest BCUT2D eigenvalue weighted by Gasteiger charge is -2.23. The average Bonchev–Trinajstić information content (AvgIpc) is 2.74. The quantitative estimate of drug-likeness (QED) is 0.310. The summed E-state index contributed by atoms with van der Waals surface area (Å²) >= 11 is 0. The van der Waals surface area contributed by atoms with Crippen LogP contribution >= 0.6 is 0 Å². The smallest absolute Gasteiger partial charge is 0.234 e. The minimum Gasteiger partial charge on any atom is -0.355 e. The highest BCUT2D eigenvalue weighted by molar-refractivity contribution is 5.78. The molecule has 0 bridgehead atoms. The number of likely N-dealkylation sites (tertiary alicyclic amines) is 1. The standard InChI is InChI=1S/C12H22N2O2/c1-2-5-11-6-3-8-14(11)10-12(16)13-7-4-9-15/h9,11H,2-8,10H2,1H3,(H,13,16)/i1D3,2D2,9+1,10+1,12+1,13+1,14+1. The van der Waals surface area contributed by atoms with Crippen molar-refractivity contribution in [2.24, 2.45) is 0 Å². The van der Waals surface area contributed by atoms with Crippen LogP contribution in [0.1, 0.15) is 45.8 Å². The largest absolute Gasteiger partial charge is 0.355 e. The first-order valence-corrected chi connectivity index (χ1v) is 5.62. The van der Waals surface area contributed by atoms with Crippen molar-refractivity contribution in [3.05, 3.63) is 0 Å². The van der Waals surface area contributed by atoms with E-state index in [9.17, 15) is 9.59 Å². The second kappa shape index (κ2) is 7.39. The van der Waals surface area contributed by atoms with Crippen molar-refractivity contribution in [1.82, 2.24) is 10.2 Å². The number of nitrogens with one attached hydrogen (secondary N) is 1. The Morgan fingerprint density at radius 1 is 1.75 bits per heavy atom. The van der Waals surface area contributed by atoms with Crippen molar-refractivity contribution in [2.75, 3.05) is 19.6 Å². The predicted molar refractivity (Wildman–Crippen MR) is 63.2 cm³/mol. The van der Waals surface area contributed by atoms with Crippen LogP contribution in [0.15, 0.2) is 0 Å². The fourth-order valence-electron chi connectivity index (χ4n) is 1.96. The van der Waals surface area contributed by atoms with Gasteiger partial charge in [-0.3, -0.25) is 9.69 Å². The van der Waals surface area contributed by atoms with Crippen LogP contribution in [-0.2, 0) is 9.59 Å². The van der Waals surface area contributed by atoms with Crippen molar-refractivity contribution in [3.63, 3.8) is 0 Å². The molecule has 16 heavy (non-hydrogen) atoms. The molecule has 1 unspecified atom stereocenters. The molecule has 1 aliphatic heterocycles. The van der Waals surface area contributed by atoms with Gasteiger partial charge >= 0.3 is 0 Å². The molecule has 4 nitrogen and oxygen atoms in total. The third-order valence-corrected chi connectivity index (χ3v) is 2.77. The zero-order chi connectivity index (χ0) is 16.1. The summed E-state index contributed by atoms with van der Waals surface area (Å²) in [5.74, 6) is -0.224. The maximum absolute atomic E-state index is 11.7. The first kappa shape index (κ1) is 7.43. The van der Waals surface area contributed by atoms with Crippen LogP contribution in [0, 0.1) is 0 Å². The van der Waals surface area contributed by atoms with Crippen LogP contribution < -0.4 is 5.32 Å². The minimum atomic E-state index is -2.66. The Morgan fingerprint density at radius 3 is 3.38 bits per heavy atom. The summed E-state index contributed by atoms with van der Waals surface area (Å²) in [4.78, 5) is 23.7. The highest BCUT2D eigenvalue weighted by Crippen LogP contribution is 2.20. The number of nitrogens with zero attached hydrogens (tertiary/aromatic N) is 1. The van der Waals surface area contributed by atoms with Gasteiger partial charge in [0.15, 0.2) is 0 Å². The first-order valence-electron chi connectivity index (χ1n) is 8.12. The molecule has 4 heteroatoms. The van der Waals surface area contributed by atoms with E-state index in [4.69, 9.17) is 6.85 Å². The van der Waals surface area contributed by atoms with Gasteiger partial charge in [0.1, 0.15) is 6.29 Å². The molecule has 1 rings (SSSR count). The monoisotopic (exact) mass is 236 g/mol. The average molecular weight is 236 g/mol. The van der Waals surface area contributed by atoms with E-state index >= 15 is 0 Å². The van der Waals surface area contributed by atoms with E-state index in [1.54, 1.807) is 0 Å². The van der Waals surface area contributed by atoms with Gasteiger partial charge in [-0.1, -0.05) is 13.2 Å². The SMILES string of the molecule is [2H]C([2H])([2H])C([2H])([2H])CC1CCC[15N]1[13CH2][13C](=O)[15NH]CC[13CH]=O. The molecule has 1 atom stereocenters. The second-order valence-electron chi connectivity index (χ2n) is 3.95. The Kier molecular flexibility index (Phi) is 3.43. The fraction of sp³-hybridized carbons (Fsp3) is 0.833. The van der Waals surface area contributed by atoms with Crippen molar-refractivity contribution in [1.29, 1.82) is 0 Å². The summed E-state index contributed by atoms with van der Waals surface area (Å²) in [6, 6.07) is -0.239. The zero-order valence-electron chi connectivity index (χ0n) is 14.4. The van der Waals surface area contributed by atoms with Crippen molar-refractivity contribution in [2.45, 2.75) is 44.9 Å². The maximum Gasteiger partial charge on any atom is 0.234 e. The number of rotatable bonds is 7. The number of carbonyl (C=O) groups is 2. The third-order valence-electron chi connectivity index (χ3n) is 2.77. The van der Waals surface area contributed by atoms with E-state index in [2.05, 4.69) is 5.32 Å². The van der Waals surface area contributed by atoms with Gasteiger partial charge in [0.25, 0.3) is 0 Å². The van der Waals surface area contributed by atoms with E-state index in [0.29, 0.717) is 13.0 Å². The van der Waals surface area contributed by atoms with Gasteiger partial charge in [0.2, 0.25) is 5.91 Å². The highest BCUT2D eigenvalue weighted by atomic mass is 16.3. The Bertz CT molecular complexity index is 373. The van der Waals surface area contributed by atoms with Gasteiger partial charge < -0.3 is 10.1 Å². The van der Waals surface area contributed by atoms with E-state index < -0.39 is 13.2 Å². The van der Waals surface area contributed by atoms with Crippen molar-refractivity contribution in [3.8, 4) is 0 Å². The van der Waals surface area contributed by atoms with Crippen LogP contribution in [0.4, 0.5) is 0 Å². The molecule has 0 spiro atoms. The summed E-state index contributed by atoms with van der Waals surface area (Å²) in [5.41, 5.74) is 0. The lowest BCUT2D eigenvalue weighted by atomic mass is 10.1. The number of carbonyl (C=O) groups excluding carboxylic acids is 2. The Morgan fingerprint density at radius 2 is 2.62 bits per heavy atom. The van der Waals surface area contributed by atoms with E-state index in [1.807, 2.05) is 4.90 Å². The number of amides is 1. The zero-order valence-corrected chi connectivity index (χ0v) is 9.37. The maximum atomic E-state index is 11.7. The second-order valence-corrected chi connectivity index (χ2v) is 3.95. The third kappa shape index (κ3) is 4.31. The molecule has 0 aromatic carbocycles. The topological polar surface area (TPSA) is 49.4 Å². The Balaban J connectivity index is 2.52. The fourth-order valence-corrected chi connectivity index (χ4v) is 1.96. The van der Waals surface area contributed by atoms with Gasteiger partial charge in [-0.25, -0.2) is 0 Å². The molecule has 1 N–H and O–H groups in total. The van der Waals surface area contributed by atoms with E-state index in [0.717, 1.165) is 12.7 Å². The van der Waals surface area contributed by atoms with E-state index in [1.165, 1.54) is 0 Å². The van der Waals surface area contributed by atoms with Crippen LogP contribution in [-0.4, -0.2) is 42.8 Å². The van der Waals surface area contributed by atoms with Gasteiger partial charge in [0, 0.05) is 25.9 Å². The van der Waals surface area contributed by atoms with Crippen LogP contribution in [0.25, 0.3) is 0 Å². The lowest BCUT2D eigenvalue weighted by Crippen LogP contribution is -2.40. The Hall–Kier alpha value is -0.900. The predicted octanol–water partition coefficient (Wildman–Crippen LogP) is 0.956.